The van der Waals surface area contributed by atoms with Crippen LogP contribution in [-0.4, -0.2) is 27.0 Å². The van der Waals surface area contributed by atoms with Crippen molar-refractivity contribution in [3.8, 4) is 23.0 Å². The molecule has 0 saturated heterocycles. The topological polar surface area (TPSA) is 78.1 Å². The van der Waals surface area contributed by atoms with Gasteiger partial charge < -0.3 is 29.6 Å². The van der Waals surface area contributed by atoms with Crippen LogP contribution in [0.1, 0.15) is 11.1 Å². The predicted molar refractivity (Wildman–Crippen MR) is 91.2 cm³/mol. The fourth-order valence-corrected chi connectivity index (χ4v) is 2.49. The summed E-state index contributed by atoms with van der Waals surface area (Å²) in [7, 11) is 3.18. The number of carbonyl (C=O) groups is 1. The molecule has 0 saturated carbocycles. The van der Waals surface area contributed by atoms with Gasteiger partial charge in [0.2, 0.25) is 6.79 Å². The molecule has 1 aliphatic heterocycles. The molecule has 25 heavy (non-hydrogen) atoms. The third-order valence-corrected chi connectivity index (χ3v) is 3.82. The molecule has 7 nitrogen and oxygen atoms in total. The second-order valence-corrected chi connectivity index (χ2v) is 5.40. The van der Waals surface area contributed by atoms with Crippen molar-refractivity contribution in [3.63, 3.8) is 0 Å². The van der Waals surface area contributed by atoms with Crippen LogP contribution in [0.2, 0.25) is 0 Å². The first-order chi connectivity index (χ1) is 12.2. The zero-order valence-electron chi connectivity index (χ0n) is 14.1. The number of rotatable bonds is 6. The van der Waals surface area contributed by atoms with Crippen LogP contribution in [0.4, 0.5) is 4.79 Å². The second-order valence-electron chi connectivity index (χ2n) is 5.40. The number of benzene rings is 2. The SMILES string of the molecule is COc1ccc(OC)c(CNC(=O)NCc2ccc3c(c2)OCO3)c1. The smallest absolute Gasteiger partial charge is 0.315 e. The number of carbonyl (C=O) groups excluding carboxylic acids is 1. The summed E-state index contributed by atoms with van der Waals surface area (Å²) in [6.07, 6.45) is 0. The molecule has 7 heteroatoms. The van der Waals surface area contributed by atoms with Gasteiger partial charge in [0.25, 0.3) is 0 Å². The van der Waals surface area contributed by atoms with Crippen molar-refractivity contribution in [1.82, 2.24) is 10.6 Å². The zero-order valence-corrected chi connectivity index (χ0v) is 14.1. The van der Waals surface area contributed by atoms with Crippen molar-refractivity contribution in [2.75, 3.05) is 21.0 Å². The molecule has 2 aromatic rings. The van der Waals surface area contributed by atoms with E-state index in [1.165, 1.54) is 0 Å². The Balaban J connectivity index is 1.53. The van der Waals surface area contributed by atoms with Crippen LogP contribution in [0.25, 0.3) is 0 Å². The molecule has 2 amide bonds. The molecule has 1 aliphatic rings. The summed E-state index contributed by atoms with van der Waals surface area (Å²) in [6, 6.07) is 10.7. The number of hydrogen-bond acceptors (Lipinski definition) is 5. The molecule has 0 spiro atoms. The number of methoxy groups -OCH3 is 2. The minimum Gasteiger partial charge on any atom is -0.497 e. The van der Waals surface area contributed by atoms with Gasteiger partial charge in [-0.05, 0) is 35.9 Å². The Hall–Kier alpha value is -3.09. The number of hydrogen-bond donors (Lipinski definition) is 2. The van der Waals surface area contributed by atoms with Crippen molar-refractivity contribution in [2.45, 2.75) is 13.1 Å². The standard InChI is InChI=1S/C18H20N2O5/c1-22-14-4-6-15(23-2)13(8-14)10-20-18(21)19-9-12-3-5-16-17(7-12)25-11-24-16/h3-8H,9-11H2,1-2H3,(H2,19,20,21). The highest BCUT2D eigenvalue weighted by molar-refractivity contribution is 5.74. The number of nitrogens with one attached hydrogen (secondary N) is 2. The van der Waals surface area contributed by atoms with Crippen LogP contribution >= 0.6 is 0 Å². The van der Waals surface area contributed by atoms with Gasteiger partial charge in [0, 0.05) is 18.7 Å². The zero-order chi connectivity index (χ0) is 17.6. The summed E-state index contributed by atoms with van der Waals surface area (Å²) >= 11 is 0. The predicted octanol–water partition coefficient (Wildman–Crippen LogP) is 2.43. The molecule has 0 bridgehead atoms. The monoisotopic (exact) mass is 344 g/mol. The summed E-state index contributed by atoms with van der Waals surface area (Å²) < 4.78 is 21.1. The van der Waals surface area contributed by atoms with Crippen molar-refractivity contribution in [3.05, 3.63) is 47.5 Å². The average molecular weight is 344 g/mol. The molecular formula is C18H20N2O5. The minimum absolute atomic E-state index is 0.231. The molecule has 0 aliphatic carbocycles. The van der Waals surface area contributed by atoms with E-state index in [0.717, 1.165) is 16.9 Å². The van der Waals surface area contributed by atoms with E-state index >= 15 is 0 Å². The van der Waals surface area contributed by atoms with Crippen LogP contribution < -0.4 is 29.6 Å². The normalized spacial score (nSPS) is 11.8. The largest absolute Gasteiger partial charge is 0.497 e. The van der Waals surface area contributed by atoms with E-state index in [-0.39, 0.29) is 12.8 Å². The molecule has 3 rings (SSSR count). The van der Waals surface area contributed by atoms with E-state index in [9.17, 15) is 4.79 Å². The Morgan fingerprint density at radius 3 is 2.60 bits per heavy atom. The minimum atomic E-state index is -0.275. The van der Waals surface area contributed by atoms with Crippen LogP contribution in [0, 0.1) is 0 Å². The summed E-state index contributed by atoms with van der Waals surface area (Å²) in [5.41, 5.74) is 1.76. The highest BCUT2D eigenvalue weighted by Crippen LogP contribution is 2.32. The maximum atomic E-state index is 12.0. The van der Waals surface area contributed by atoms with Crippen LogP contribution in [0.3, 0.4) is 0 Å². The van der Waals surface area contributed by atoms with E-state index < -0.39 is 0 Å². The van der Waals surface area contributed by atoms with Gasteiger partial charge in [-0.2, -0.15) is 0 Å². The maximum absolute atomic E-state index is 12.0. The van der Waals surface area contributed by atoms with Gasteiger partial charge >= 0.3 is 6.03 Å². The van der Waals surface area contributed by atoms with Crippen LogP contribution in [0.5, 0.6) is 23.0 Å². The highest BCUT2D eigenvalue weighted by Gasteiger charge is 2.13. The summed E-state index contributed by atoms with van der Waals surface area (Å²) in [4.78, 5) is 12.0. The van der Waals surface area contributed by atoms with E-state index in [2.05, 4.69) is 10.6 Å². The quantitative estimate of drug-likeness (QED) is 0.841. The van der Waals surface area contributed by atoms with Crippen molar-refractivity contribution >= 4 is 6.03 Å². The first-order valence-corrected chi connectivity index (χ1v) is 7.80. The average Bonchev–Trinajstić information content (AvgIpc) is 3.12. The lowest BCUT2D eigenvalue weighted by molar-refractivity contribution is 0.174. The molecule has 0 aromatic heterocycles. The Morgan fingerprint density at radius 2 is 1.80 bits per heavy atom. The van der Waals surface area contributed by atoms with Crippen molar-refractivity contribution in [2.24, 2.45) is 0 Å². The third kappa shape index (κ3) is 4.06. The third-order valence-electron chi connectivity index (χ3n) is 3.82. The first-order valence-electron chi connectivity index (χ1n) is 7.80. The molecular weight excluding hydrogens is 324 g/mol. The molecule has 2 N–H and O–H groups in total. The fourth-order valence-electron chi connectivity index (χ4n) is 2.49. The number of amides is 2. The molecule has 0 radical (unpaired) electrons. The van der Waals surface area contributed by atoms with Gasteiger partial charge in [0.05, 0.1) is 14.2 Å². The molecule has 2 aromatic carbocycles. The summed E-state index contributed by atoms with van der Waals surface area (Å²) in [5.74, 6) is 2.81. The lowest BCUT2D eigenvalue weighted by Gasteiger charge is -2.12. The Bertz CT molecular complexity index is 763. The Morgan fingerprint density at radius 1 is 1.00 bits per heavy atom. The lowest BCUT2D eigenvalue weighted by atomic mass is 10.2. The number of urea groups is 1. The second kappa shape index (κ2) is 7.65. The molecule has 0 fully saturated rings. The molecule has 0 atom stereocenters. The summed E-state index contributed by atoms with van der Waals surface area (Å²) in [6.45, 7) is 0.945. The van der Waals surface area contributed by atoms with Gasteiger partial charge in [0.1, 0.15) is 11.5 Å². The van der Waals surface area contributed by atoms with Crippen LogP contribution in [0.15, 0.2) is 36.4 Å². The lowest BCUT2D eigenvalue weighted by Crippen LogP contribution is -2.34. The van der Waals surface area contributed by atoms with Crippen molar-refractivity contribution < 1.29 is 23.7 Å². The van der Waals surface area contributed by atoms with Gasteiger partial charge in [-0.3, -0.25) is 0 Å². The van der Waals surface area contributed by atoms with Gasteiger partial charge in [-0.1, -0.05) is 6.07 Å². The first kappa shape index (κ1) is 16.8. The summed E-state index contributed by atoms with van der Waals surface area (Å²) in [5, 5.41) is 5.61. The van der Waals surface area contributed by atoms with Gasteiger partial charge in [0.15, 0.2) is 11.5 Å². The number of fused-ring (bicyclic) bond motifs is 1. The van der Waals surface area contributed by atoms with E-state index in [4.69, 9.17) is 18.9 Å². The van der Waals surface area contributed by atoms with E-state index in [0.29, 0.717) is 30.3 Å². The van der Waals surface area contributed by atoms with Crippen LogP contribution in [-0.2, 0) is 13.1 Å². The van der Waals surface area contributed by atoms with E-state index in [1.807, 2.05) is 30.3 Å². The number of ether oxygens (including phenoxy) is 4. The maximum Gasteiger partial charge on any atom is 0.315 e. The van der Waals surface area contributed by atoms with Crippen molar-refractivity contribution in [1.29, 1.82) is 0 Å². The van der Waals surface area contributed by atoms with Gasteiger partial charge in [-0.25, -0.2) is 4.79 Å². The molecule has 132 valence electrons. The molecule has 0 unspecified atom stereocenters. The fraction of sp³-hybridized carbons (Fsp3) is 0.278. The van der Waals surface area contributed by atoms with E-state index in [1.54, 1.807) is 20.3 Å². The van der Waals surface area contributed by atoms with Gasteiger partial charge in [-0.15, -0.1) is 0 Å². The highest BCUT2D eigenvalue weighted by atomic mass is 16.7. The Kier molecular flexibility index (Phi) is 5.13. The molecule has 1 heterocycles. The Labute approximate surface area is 145 Å².